The third-order valence-electron chi connectivity index (χ3n) is 3.68. The summed E-state index contributed by atoms with van der Waals surface area (Å²) < 4.78 is 0. The molecule has 0 amide bonds. The number of nitrogens with zero attached hydrogens (tertiary/aromatic N) is 3. The molecule has 21 heavy (non-hydrogen) atoms. The van der Waals surface area contributed by atoms with Gasteiger partial charge in [-0.2, -0.15) is 11.8 Å². The van der Waals surface area contributed by atoms with Gasteiger partial charge in [0.2, 0.25) is 0 Å². The van der Waals surface area contributed by atoms with Crippen LogP contribution in [-0.2, 0) is 11.5 Å². The Morgan fingerprint density at radius 2 is 1.95 bits per heavy atom. The first-order valence-electron chi connectivity index (χ1n) is 6.72. The Labute approximate surface area is 131 Å². The average Bonchev–Trinajstić information content (AvgIpc) is 2.96. The van der Waals surface area contributed by atoms with Gasteiger partial charge in [0.15, 0.2) is 5.82 Å². The van der Waals surface area contributed by atoms with Gasteiger partial charge in [0.05, 0.1) is 11.2 Å². The van der Waals surface area contributed by atoms with Crippen molar-refractivity contribution >= 4 is 34.3 Å². The molecule has 0 fully saturated rings. The molecule has 0 saturated heterocycles. The quantitative estimate of drug-likeness (QED) is 0.624. The second-order valence-corrected chi connectivity index (χ2v) is 6.44. The maximum absolute atomic E-state index is 6.29. The zero-order valence-corrected chi connectivity index (χ0v) is 13.0. The highest BCUT2D eigenvalue weighted by molar-refractivity contribution is 7.98. The molecule has 0 aliphatic carbocycles. The first-order valence-corrected chi connectivity index (χ1v) is 8.25. The molecule has 0 radical (unpaired) electrons. The average molecular weight is 314 g/mol. The zero-order valence-electron chi connectivity index (χ0n) is 11.4. The predicted octanol–water partition coefficient (Wildman–Crippen LogP) is 4.40. The molecule has 1 aromatic carbocycles. The maximum Gasteiger partial charge on any atom is 0.179 e. The van der Waals surface area contributed by atoms with E-state index in [1.165, 1.54) is 5.56 Å². The van der Waals surface area contributed by atoms with E-state index in [4.69, 9.17) is 11.6 Å². The Hall–Kier alpha value is -1.65. The molecule has 4 rings (SSSR count). The summed E-state index contributed by atoms with van der Waals surface area (Å²) in [4.78, 5) is 13.8. The van der Waals surface area contributed by atoms with E-state index in [1.807, 2.05) is 36.0 Å². The van der Waals surface area contributed by atoms with Crippen LogP contribution < -0.4 is 0 Å². The largest absolute Gasteiger partial charge is 0.244 e. The number of rotatable bonds is 1. The molecule has 104 valence electrons. The second kappa shape index (κ2) is 4.97. The summed E-state index contributed by atoms with van der Waals surface area (Å²) in [6, 6.07) is 10.1. The first kappa shape index (κ1) is 13.0. The van der Waals surface area contributed by atoms with Gasteiger partial charge >= 0.3 is 0 Å². The predicted molar refractivity (Wildman–Crippen MR) is 87.5 cm³/mol. The first-order chi connectivity index (χ1) is 10.2. The van der Waals surface area contributed by atoms with E-state index in [0.717, 1.165) is 39.4 Å². The Morgan fingerprint density at radius 1 is 1.10 bits per heavy atom. The summed E-state index contributed by atoms with van der Waals surface area (Å²) in [7, 11) is 0. The summed E-state index contributed by atoms with van der Waals surface area (Å²) in [5.74, 6) is 2.42. The third kappa shape index (κ3) is 2.19. The van der Waals surface area contributed by atoms with Gasteiger partial charge in [-0.3, -0.25) is 0 Å². The number of para-hydroxylation sites is 1. The van der Waals surface area contributed by atoms with Crippen molar-refractivity contribution in [2.45, 2.75) is 18.4 Å². The third-order valence-corrected chi connectivity index (χ3v) is 4.96. The minimum Gasteiger partial charge on any atom is -0.244 e. The summed E-state index contributed by atoms with van der Waals surface area (Å²) in [5, 5.41) is 1.72. The molecule has 2 aromatic heterocycles. The van der Waals surface area contributed by atoms with Crippen LogP contribution in [0.15, 0.2) is 30.3 Å². The molecule has 0 N–H and O–H groups in total. The zero-order chi connectivity index (χ0) is 14.4. The smallest absolute Gasteiger partial charge is 0.179 e. The van der Waals surface area contributed by atoms with Crippen molar-refractivity contribution in [1.82, 2.24) is 15.0 Å². The minimum absolute atomic E-state index is 0.563. The molecule has 3 aromatic rings. The number of halogens is 1. The van der Waals surface area contributed by atoms with E-state index in [2.05, 4.69) is 27.9 Å². The van der Waals surface area contributed by atoms with Crippen LogP contribution in [0.4, 0.5) is 0 Å². The van der Waals surface area contributed by atoms with Crippen LogP contribution in [0.3, 0.4) is 0 Å². The van der Waals surface area contributed by atoms with Crippen LogP contribution >= 0.6 is 23.4 Å². The summed E-state index contributed by atoms with van der Waals surface area (Å²) in [6.07, 6.45) is 0. The number of hydrogen-bond donors (Lipinski definition) is 0. The van der Waals surface area contributed by atoms with Crippen LogP contribution in [0.2, 0.25) is 5.15 Å². The number of benzene rings is 1. The topological polar surface area (TPSA) is 38.7 Å². The maximum atomic E-state index is 6.29. The van der Waals surface area contributed by atoms with Gasteiger partial charge in [-0.15, -0.1) is 0 Å². The summed E-state index contributed by atoms with van der Waals surface area (Å²) in [6.45, 7) is 2.08. The van der Waals surface area contributed by atoms with Crippen LogP contribution in [0.5, 0.6) is 0 Å². The van der Waals surface area contributed by atoms with E-state index < -0.39 is 0 Å². The molecule has 0 unspecified atom stereocenters. The fourth-order valence-electron chi connectivity index (χ4n) is 2.59. The Kier molecular flexibility index (Phi) is 3.08. The molecule has 0 spiro atoms. The normalized spacial score (nSPS) is 13.6. The van der Waals surface area contributed by atoms with Gasteiger partial charge in [-0.1, -0.05) is 29.8 Å². The highest BCUT2D eigenvalue weighted by Crippen LogP contribution is 2.34. The molecule has 5 heteroatoms. The van der Waals surface area contributed by atoms with E-state index in [0.29, 0.717) is 11.0 Å². The number of aryl methyl sites for hydroxylation is 1. The highest BCUT2D eigenvalue weighted by atomic mass is 35.5. The lowest BCUT2D eigenvalue weighted by atomic mass is 10.1. The number of pyridine rings is 1. The molecule has 0 saturated carbocycles. The van der Waals surface area contributed by atoms with Gasteiger partial charge in [0.25, 0.3) is 0 Å². The Bertz CT molecular complexity index is 864. The molecular weight excluding hydrogens is 302 g/mol. The number of aromatic nitrogens is 3. The molecule has 1 aliphatic rings. The van der Waals surface area contributed by atoms with Crippen LogP contribution in [0.25, 0.3) is 22.4 Å². The van der Waals surface area contributed by atoms with E-state index in [9.17, 15) is 0 Å². The lowest BCUT2D eigenvalue weighted by molar-refractivity contribution is 1.06. The van der Waals surface area contributed by atoms with Crippen molar-refractivity contribution in [3.63, 3.8) is 0 Å². The van der Waals surface area contributed by atoms with Crippen molar-refractivity contribution < 1.29 is 0 Å². The number of fused-ring (bicyclic) bond motifs is 2. The second-order valence-electron chi connectivity index (χ2n) is 5.10. The molecular formula is C16H12ClN3S. The van der Waals surface area contributed by atoms with Crippen molar-refractivity contribution in [3.05, 3.63) is 52.3 Å². The van der Waals surface area contributed by atoms with Crippen molar-refractivity contribution in [2.75, 3.05) is 0 Å². The highest BCUT2D eigenvalue weighted by Gasteiger charge is 2.20. The molecule has 0 atom stereocenters. The fraction of sp³-hybridized carbons (Fsp3) is 0.188. The van der Waals surface area contributed by atoms with Gasteiger partial charge in [-0.25, -0.2) is 15.0 Å². The van der Waals surface area contributed by atoms with Gasteiger partial charge < -0.3 is 0 Å². The van der Waals surface area contributed by atoms with Crippen molar-refractivity contribution in [2.24, 2.45) is 0 Å². The molecule has 0 bridgehead atoms. The van der Waals surface area contributed by atoms with Crippen LogP contribution in [0.1, 0.15) is 16.8 Å². The van der Waals surface area contributed by atoms with Crippen LogP contribution in [-0.4, -0.2) is 15.0 Å². The molecule has 3 heterocycles. The van der Waals surface area contributed by atoms with E-state index in [1.54, 1.807) is 0 Å². The Morgan fingerprint density at radius 3 is 2.86 bits per heavy atom. The van der Waals surface area contributed by atoms with Gasteiger partial charge in [0.1, 0.15) is 10.8 Å². The molecule has 3 nitrogen and oxygen atoms in total. The van der Waals surface area contributed by atoms with E-state index in [-0.39, 0.29) is 0 Å². The van der Waals surface area contributed by atoms with Crippen molar-refractivity contribution in [3.8, 4) is 11.5 Å². The SMILES string of the molecule is Cc1cc(-c2nc(Cl)c3c(n2)CSC3)nc2ccccc12. The fourth-order valence-corrected chi connectivity index (χ4v) is 3.97. The lowest BCUT2D eigenvalue weighted by Gasteiger charge is -2.07. The van der Waals surface area contributed by atoms with E-state index >= 15 is 0 Å². The monoisotopic (exact) mass is 313 g/mol. The van der Waals surface area contributed by atoms with Crippen molar-refractivity contribution in [1.29, 1.82) is 0 Å². The Balaban J connectivity index is 1.93. The van der Waals surface area contributed by atoms with Gasteiger partial charge in [0, 0.05) is 22.5 Å². The lowest BCUT2D eigenvalue weighted by Crippen LogP contribution is -1.99. The number of hydrogen-bond acceptors (Lipinski definition) is 4. The minimum atomic E-state index is 0.563. The molecule has 1 aliphatic heterocycles. The summed E-state index contributed by atoms with van der Waals surface area (Å²) >= 11 is 8.11. The standard InChI is InChI=1S/C16H12ClN3S/c1-9-6-13(18-12-5-3-2-4-10(9)12)16-19-14-8-21-7-11(14)15(17)20-16/h2-6H,7-8H2,1H3. The number of thioether (sulfide) groups is 1. The summed E-state index contributed by atoms with van der Waals surface area (Å²) in [5.41, 5.74) is 5.03. The van der Waals surface area contributed by atoms with Crippen LogP contribution in [0, 0.1) is 6.92 Å². The van der Waals surface area contributed by atoms with Gasteiger partial charge in [-0.05, 0) is 24.6 Å².